The number of carboxylic acids is 1. The van der Waals surface area contributed by atoms with Gasteiger partial charge in [-0.05, 0) is 37.9 Å². The molecule has 0 amide bonds. The Hall–Kier alpha value is -1.40. The lowest BCUT2D eigenvalue weighted by molar-refractivity contribution is -0.142. The van der Waals surface area contributed by atoms with Crippen LogP contribution in [0.25, 0.3) is 0 Å². The van der Waals surface area contributed by atoms with Crippen LogP contribution in [0.3, 0.4) is 0 Å². The second kappa shape index (κ2) is 6.37. The molecule has 0 fully saturated rings. The van der Waals surface area contributed by atoms with E-state index in [0.717, 1.165) is 22.0 Å². The summed E-state index contributed by atoms with van der Waals surface area (Å²) in [6, 6.07) is 3.39. The second-order valence-corrected chi connectivity index (χ2v) is 5.59. The van der Waals surface area contributed by atoms with Crippen LogP contribution in [0.1, 0.15) is 12.5 Å². The van der Waals surface area contributed by atoms with Gasteiger partial charge in [-0.25, -0.2) is 0 Å². The van der Waals surface area contributed by atoms with E-state index in [1.54, 1.807) is 30.6 Å². The minimum atomic E-state index is -0.823. The molecule has 1 aromatic carbocycles. The number of likely N-dealkylation sites (N-methyl/N-ethyl adjacent to an activating group) is 1. The average Bonchev–Trinajstić information content (AvgIpc) is 2.45. The predicted molar refractivity (Wildman–Crippen MR) is 77.8 cm³/mol. The number of hydrogen-bond donors (Lipinski definition) is 1. The van der Waals surface area contributed by atoms with Crippen molar-refractivity contribution in [1.82, 2.24) is 4.90 Å². The molecule has 20 heavy (non-hydrogen) atoms. The van der Waals surface area contributed by atoms with Crippen molar-refractivity contribution in [2.24, 2.45) is 0 Å². The minimum absolute atomic E-state index is 0.530. The van der Waals surface area contributed by atoms with Crippen LogP contribution in [-0.4, -0.2) is 48.5 Å². The molecule has 0 spiro atoms. The number of carbonyl (C=O) groups is 1. The molecule has 0 saturated carbocycles. The Morgan fingerprint density at radius 3 is 2.55 bits per heavy atom. The first-order chi connectivity index (χ1) is 9.52. The monoisotopic (exact) mass is 297 g/mol. The summed E-state index contributed by atoms with van der Waals surface area (Å²) in [5.74, 6) is 0.675. The van der Waals surface area contributed by atoms with Crippen LogP contribution < -0.4 is 9.47 Å². The lowest BCUT2D eigenvalue weighted by Gasteiger charge is -2.25. The zero-order valence-electron chi connectivity index (χ0n) is 11.9. The van der Waals surface area contributed by atoms with Crippen LogP contribution in [-0.2, 0) is 11.3 Å². The first-order valence-electron chi connectivity index (χ1n) is 6.42. The Morgan fingerprint density at radius 1 is 1.40 bits per heavy atom. The van der Waals surface area contributed by atoms with Gasteiger partial charge in [0.1, 0.15) is 19.3 Å². The van der Waals surface area contributed by atoms with Crippen molar-refractivity contribution < 1.29 is 19.4 Å². The quantitative estimate of drug-likeness (QED) is 0.840. The molecular formula is C14H19NO4S. The zero-order valence-corrected chi connectivity index (χ0v) is 12.7. The van der Waals surface area contributed by atoms with Crippen molar-refractivity contribution in [3.63, 3.8) is 0 Å². The normalized spacial score (nSPS) is 15.2. The molecule has 110 valence electrons. The first kappa shape index (κ1) is 15.0. The molecular weight excluding hydrogens is 278 g/mol. The van der Waals surface area contributed by atoms with Crippen LogP contribution in [0.2, 0.25) is 0 Å². The summed E-state index contributed by atoms with van der Waals surface area (Å²) >= 11 is 1.62. The maximum absolute atomic E-state index is 11.0. The highest BCUT2D eigenvalue weighted by molar-refractivity contribution is 7.98. The van der Waals surface area contributed by atoms with Crippen LogP contribution in [0.5, 0.6) is 11.5 Å². The summed E-state index contributed by atoms with van der Waals surface area (Å²) in [6.45, 7) is 3.35. The first-order valence-corrected chi connectivity index (χ1v) is 7.65. The van der Waals surface area contributed by atoms with E-state index in [1.807, 2.05) is 18.4 Å². The minimum Gasteiger partial charge on any atom is -0.486 e. The van der Waals surface area contributed by atoms with Gasteiger partial charge in [-0.1, -0.05) is 0 Å². The van der Waals surface area contributed by atoms with Gasteiger partial charge in [-0.2, -0.15) is 0 Å². The molecule has 0 radical (unpaired) electrons. The number of hydrogen-bond acceptors (Lipinski definition) is 5. The van der Waals surface area contributed by atoms with E-state index in [4.69, 9.17) is 14.6 Å². The van der Waals surface area contributed by atoms with Crippen molar-refractivity contribution in [2.75, 3.05) is 26.5 Å². The molecule has 1 atom stereocenters. The highest BCUT2D eigenvalue weighted by atomic mass is 32.2. The number of benzene rings is 1. The Balaban J connectivity index is 2.24. The summed E-state index contributed by atoms with van der Waals surface area (Å²) in [7, 11) is 1.81. The molecule has 0 saturated heterocycles. The number of fused-ring (bicyclic) bond motifs is 1. The van der Waals surface area contributed by atoms with Gasteiger partial charge in [0.05, 0.1) is 0 Å². The van der Waals surface area contributed by atoms with Crippen molar-refractivity contribution in [3.05, 3.63) is 17.7 Å². The van der Waals surface area contributed by atoms with E-state index in [9.17, 15) is 4.79 Å². The number of nitrogens with zero attached hydrogens (tertiary/aromatic N) is 1. The van der Waals surface area contributed by atoms with Crippen LogP contribution in [0.4, 0.5) is 0 Å². The number of carboxylic acid groups (broad SMARTS) is 1. The van der Waals surface area contributed by atoms with E-state index in [-0.39, 0.29) is 0 Å². The van der Waals surface area contributed by atoms with Crippen LogP contribution in [0, 0.1) is 0 Å². The number of ether oxygens (including phenoxy) is 2. The molecule has 6 heteroatoms. The summed E-state index contributed by atoms with van der Waals surface area (Å²) < 4.78 is 11.1. The fraction of sp³-hybridized carbons (Fsp3) is 0.500. The van der Waals surface area contributed by atoms with Gasteiger partial charge in [0, 0.05) is 11.4 Å². The van der Waals surface area contributed by atoms with E-state index >= 15 is 0 Å². The van der Waals surface area contributed by atoms with Crippen molar-refractivity contribution >= 4 is 17.7 Å². The largest absolute Gasteiger partial charge is 0.486 e. The predicted octanol–water partition coefficient (Wildman–Crippen LogP) is 2.08. The highest BCUT2D eigenvalue weighted by Crippen LogP contribution is 2.37. The smallest absolute Gasteiger partial charge is 0.320 e. The molecule has 0 bridgehead atoms. The van der Waals surface area contributed by atoms with E-state index in [2.05, 4.69) is 0 Å². The van der Waals surface area contributed by atoms with Gasteiger partial charge in [0.15, 0.2) is 11.5 Å². The maximum atomic E-state index is 11.0. The summed E-state index contributed by atoms with van der Waals surface area (Å²) in [5, 5.41) is 9.06. The third-order valence-corrected chi connectivity index (χ3v) is 4.20. The Kier molecular flexibility index (Phi) is 4.77. The van der Waals surface area contributed by atoms with Crippen LogP contribution >= 0.6 is 11.8 Å². The molecule has 1 heterocycles. The topological polar surface area (TPSA) is 59.0 Å². The second-order valence-electron chi connectivity index (χ2n) is 4.74. The average molecular weight is 297 g/mol. The lowest BCUT2D eigenvalue weighted by atomic mass is 10.1. The van der Waals surface area contributed by atoms with Crippen molar-refractivity contribution in [1.29, 1.82) is 0 Å². The third kappa shape index (κ3) is 3.19. The Morgan fingerprint density at radius 2 is 2.00 bits per heavy atom. The molecule has 1 aliphatic heterocycles. The van der Waals surface area contributed by atoms with Gasteiger partial charge >= 0.3 is 5.97 Å². The van der Waals surface area contributed by atoms with E-state index in [0.29, 0.717) is 19.8 Å². The zero-order chi connectivity index (χ0) is 14.7. The number of thioether (sulfide) groups is 1. The molecule has 0 aromatic heterocycles. The Bertz CT molecular complexity index is 506. The molecule has 1 aliphatic rings. The molecule has 1 aromatic rings. The molecule has 2 rings (SSSR count). The summed E-state index contributed by atoms with van der Waals surface area (Å²) in [6.07, 6.45) is 2.00. The van der Waals surface area contributed by atoms with Gasteiger partial charge < -0.3 is 14.6 Å². The summed E-state index contributed by atoms with van der Waals surface area (Å²) in [5.41, 5.74) is 1.05. The van der Waals surface area contributed by atoms with E-state index in [1.165, 1.54) is 0 Å². The number of rotatable bonds is 5. The molecule has 5 nitrogen and oxygen atoms in total. The molecule has 1 unspecified atom stereocenters. The maximum Gasteiger partial charge on any atom is 0.320 e. The van der Waals surface area contributed by atoms with Crippen molar-refractivity contribution in [2.45, 2.75) is 24.4 Å². The van der Waals surface area contributed by atoms with Gasteiger partial charge in [0.25, 0.3) is 0 Å². The fourth-order valence-electron chi connectivity index (χ4n) is 2.02. The molecule has 0 aliphatic carbocycles. The molecule has 1 N–H and O–H groups in total. The highest BCUT2D eigenvalue weighted by Gasteiger charge is 2.20. The van der Waals surface area contributed by atoms with Crippen molar-refractivity contribution in [3.8, 4) is 11.5 Å². The standard InChI is InChI=1S/C14H19NO4S/c1-9(14(16)17)15(2)8-10-6-11-12(7-13(10)20-3)19-5-4-18-11/h6-7,9H,4-5,8H2,1-3H3,(H,16,17). The lowest BCUT2D eigenvalue weighted by Crippen LogP contribution is -2.35. The third-order valence-electron chi connectivity index (χ3n) is 3.38. The summed E-state index contributed by atoms with van der Waals surface area (Å²) in [4.78, 5) is 13.9. The van der Waals surface area contributed by atoms with Crippen LogP contribution in [0.15, 0.2) is 17.0 Å². The Labute approximate surface area is 122 Å². The van der Waals surface area contributed by atoms with Gasteiger partial charge in [0.2, 0.25) is 0 Å². The number of aliphatic carboxylic acids is 1. The van der Waals surface area contributed by atoms with E-state index < -0.39 is 12.0 Å². The van der Waals surface area contributed by atoms with Gasteiger partial charge in [-0.15, -0.1) is 11.8 Å². The SMILES string of the molecule is CSc1cc2c(cc1CN(C)C(C)C(=O)O)OCCO2. The van der Waals surface area contributed by atoms with Gasteiger partial charge in [-0.3, -0.25) is 9.69 Å². The fourth-order valence-corrected chi connectivity index (χ4v) is 2.63.